The summed E-state index contributed by atoms with van der Waals surface area (Å²) in [7, 11) is -5.38. The second-order valence-corrected chi connectivity index (χ2v) is 10.0. The van der Waals surface area contributed by atoms with Crippen LogP contribution in [0.15, 0.2) is 76.5 Å². The van der Waals surface area contributed by atoms with Gasteiger partial charge in [0.1, 0.15) is 24.3 Å². The van der Waals surface area contributed by atoms with Crippen molar-refractivity contribution in [2.45, 2.75) is 42.8 Å². The fraction of sp³-hybridized carbons (Fsp3) is 0.240. The third-order valence-electron chi connectivity index (χ3n) is 5.37. The van der Waals surface area contributed by atoms with Gasteiger partial charge in [0.2, 0.25) is 5.89 Å². The average Bonchev–Trinajstić information content (AvgIpc) is 3.57. The molecule has 2 heterocycles. The molecule has 0 aliphatic rings. The lowest BCUT2D eigenvalue weighted by atomic mass is 10.1. The van der Waals surface area contributed by atoms with E-state index < -0.39 is 20.2 Å². The summed E-state index contributed by atoms with van der Waals surface area (Å²) >= 11 is 0. The highest BCUT2D eigenvalue weighted by molar-refractivity contribution is 7.92. The predicted molar refractivity (Wildman–Crippen MR) is 129 cm³/mol. The van der Waals surface area contributed by atoms with Crippen molar-refractivity contribution in [1.29, 1.82) is 0 Å². The average molecular weight is 533 g/mol. The van der Waals surface area contributed by atoms with Crippen molar-refractivity contribution >= 4 is 22.0 Å². The number of alkyl halides is 3. The Balaban J connectivity index is 1.24. The van der Waals surface area contributed by atoms with E-state index in [9.17, 15) is 21.6 Å². The van der Waals surface area contributed by atoms with Crippen LogP contribution >= 0.6 is 0 Å². The van der Waals surface area contributed by atoms with Gasteiger partial charge in [0.15, 0.2) is 0 Å². The zero-order valence-corrected chi connectivity index (χ0v) is 20.3. The van der Waals surface area contributed by atoms with Crippen LogP contribution in [-0.4, -0.2) is 33.9 Å². The third-order valence-corrected chi connectivity index (χ3v) is 6.87. The molecule has 0 unspecified atom stereocenters. The first-order valence-electron chi connectivity index (χ1n) is 11.3. The van der Waals surface area contributed by atoms with Crippen LogP contribution in [0.5, 0.6) is 5.75 Å². The Morgan fingerprint density at radius 3 is 2.43 bits per heavy atom. The van der Waals surface area contributed by atoms with Crippen LogP contribution in [0.4, 0.5) is 13.2 Å². The van der Waals surface area contributed by atoms with Gasteiger partial charge in [-0.05, 0) is 60.7 Å². The van der Waals surface area contributed by atoms with Gasteiger partial charge >= 0.3 is 5.51 Å². The lowest BCUT2D eigenvalue weighted by Gasteiger charge is -2.07. The number of sulfone groups is 1. The van der Waals surface area contributed by atoms with Crippen molar-refractivity contribution in [3.05, 3.63) is 89.9 Å². The molecule has 2 aromatic carbocycles. The lowest BCUT2D eigenvalue weighted by molar-refractivity contribution is -0.0436. The van der Waals surface area contributed by atoms with Crippen molar-refractivity contribution in [3.8, 4) is 5.75 Å². The van der Waals surface area contributed by atoms with E-state index in [-0.39, 0.29) is 12.5 Å². The van der Waals surface area contributed by atoms with Crippen molar-refractivity contribution in [2.24, 2.45) is 0 Å². The molecule has 0 bridgehead atoms. The van der Waals surface area contributed by atoms with E-state index in [2.05, 4.69) is 15.3 Å². The van der Waals surface area contributed by atoms with E-state index in [1.54, 1.807) is 12.3 Å². The summed E-state index contributed by atoms with van der Waals surface area (Å²) in [5.74, 6) is 0.965. The molecule has 4 rings (SSSR count). The Morgan fingerprint density at radius 1 is 1.00 bits per heavy atom. The van der Waals surface area contributed by atoms with E-state index >= 15 is 0 Å². The van der Waals surface area contributed by atoms with Crippen LogP contribution in [-0.2, 0) is 29.4 Å². The summed E-state index contributed by atoms with van der Waals surface area (Å²) in [6, 6.07) is 12.2. The van der Waals surface area contributed by atoms with Gasteiger partial charge in [0.25, 0.3) is 9.84 Å². The Morgan fingerprint density at radius 2 is 1.76 bits per heavy atom. The second kappa shape index (κ2) is 11.4. The molecular weight excluding hydrogens is 509 g/mol. The van der Waals surface area contributed by atoms with Gasteiger partial charge in [-0.3, -0.25) is 4.68 Å². The summed E-state index contributed by atoms with van der Waals surface area (Å²) in [4.78, 5) is 3.47. The summed E-state index contributed by atoms with van der Waals surface area (Å²) in [5.41, 5.74) is -3.09. The minimum Gasteiger partial charge on any atom is -0.487 e. The van der Waals surface area contributed by atoms with Crippen molar-refractivity contribution < 1.29 is 30.7 Å². The monoisotopic (exact) mass is 532 g/mol. The highest BCUT2D eigenvalue weighted by atomic mass is 32.2. The smallest absolute Gasteiger partial charge is 0.487 e. The first kappa shape index (κ1) is 26.1. The maximum Gasteiger partial charge on any atom is 0.501 e. The Bertz CT molecular complexity index is 1410. The van der Waals surface area contributed by atoms with Crippen molar-refractivity contribution in [3.63, 3.8) is 0 Å². The molecule has 0 aliphatic heterocycles. The molecule has 0 aliphatic carbocycles. The molecule has 194 valence electrons. The molecule has 12 heteroatoms. The van der Waals surface area contributed by atoms with E-state index in [0.29, 0.717) is 17.0 Å². The van der Waals surface area contributed by atoms with Crippen LogP contribution in [0.25, 0.3) is 12.2 Å². The lowest BCUT2D eigenvalue weighted by Crippen LogP contribution is -2.23. The number of ether oxygens (including phenoxy) is 1. The van der Waals surface area contributed by atoms with Crippen molar-refractivity contribution in [2.75, 3.05) is 0 Å². The van der Waals surface area contributed by atoms with Crippen LogP contribution in [0, 0.1) is 0 Å². The van der Waals surface area contributed by atoms with Crippen LogP contribution in [0.1, 0.15) is 35.6 Å². The maximum atomic E-state index is 12.6. The predicted octanol–water partition coefficient (Wildman–Crippen LogP) is 5.33. The van der Waals surface area contributed by atoms with Gasteiger partial charge in [-0.25, -0.2) is 13.4 Å². The number of nitrogens with zero attached hydrogens (tertiary/aromatic N) is 4. The fourth-order valence-corrected chi connectivity index (χ4v) is 4.15. The number of hydrogen-bond donors (Lipinski definition) is 0. The first-order valence-corrected chi connectivity index (χ1v) is 12.8. The van der Waals surface area contributed by atoms with Gasteiger partial charge in [0, 0.05) is 18.8 Å². The number of oxazole rings is 1. The highest BCUT2D eigenvalue weighted by Crippen LogP contribution is 2.30. The van der Waals surface area contributed by atoms with E-state index in [0.717, 1.165) is 37.9 Å². The first-order chi connectivity index (χ1) is 17.7. The summed E-state index contributed by atoms with van der Waals surface area (Å²) in [6.45, 7) is 1.03. The zero-order chi connectivity index (χ0) is 26.3. The number of rotatable bonds is 11. The maximum absolute atomic E-state index is 12.6. The van der Waals surface area contributed by atoms with E-state index in [1.807, 2.05) is 35.1 Å². The molecule has 0 amide bonds. The number of halogens is 3. The fourth-order valence-electron chi connectivity index (χ4n) is 3.39. The number of unbranched alkanes of at least 4 members (excludes halogenated alkanes) is 1. The summed E-state index contributed by atoms with van der Waals surface area (Å²) in [5, 5.41) is 7.73. The summed E-state index contributed by atoms with van der Waals surface area (Å²) < 4.78 is 73.7. The van der Waals surface area contributed by atoms with Crippen molar-refractivity contribution in [1.82, 2.24) is 20.0 Å². The standard InChI is InChI=1S/C25H23F3N4O4S/c26-25(27,28)37(33,34)23-11-6-20(7-12-23)8-13-24-30-21(18-36-24)17-35-22-9-4-19(5-10-22)3-1-2-15-32-16-14-29-31-32/h4-14,16,18H,1-3,15,17H2. The quantitative estimate of drug-likeness (QED) is 0.241. The zero-order valence-electron chi connectivity index (χ0n) is 19.5. The largest absolute Gasteiger partial charge is 0.501 e. The molecule has 0 spiro atoms. The van der Waals surface area contributed by atoms with Gasteiger partial charge in [-0.1, -0.05) is 29.5 Å². The Hall–Kier alpha value is -3.93. The molecular formula is C25H23F3N4O4S. The Labute approximate surface area is 211 Å². The van der Waals surface area contributed by atoms with Gasteiger partial charge in [-0.15, -0.1) is 5.10 Å². The topological polar surface area (TPSA) is 100 Å². The third kappa shape index (κ3) is 7.06. The molecule has 0 N–H and O–H groups in total. The normalized spacial score (nSPS) is 12.3. The van der Waals surface area contributed by atoms with E-state index in [1.165, 1.54) is 30.0 Å². The molecule has 2 aromatic heterocycles. The molecule has 37 heavy (non-hydrogen) atoms. The summed E-state index contributed by atoms with van der Waals surface area (Å²) in [6.07, 6.45) is 11.0. The molecule has 0 radical (unpaired) electrons. The van der Waals surface area contributed by atoms with Crippen LogP contribution in [0.3, 0.4) is 0 Å². The van der Waals surface area contributed by atoms with Gasteiger partial charge in [-0.2, -0.15) is 13.2 Å². The van der Waals surface area contributed by atoms with Gasteiger partial charge in [0.05, 0.1) is 11.1 Å². The Kier molecular flexibility index (Phi) is 8.07. The number of hydrogen-bond acceptors (Lipinski definition) is 7. The molecule has 0 saturated heterocycles. The molecule has 8 nitrogen and oxygen atoms in total. The molecule has 4 aromatic rings. The van der Waals surface area contributed by atoms with Gasteiger partial charge < -0.3 is 9.15 Å². The molecule has 0 atom stereocenters. The number of aryl methyl sites for hydroxylation is 2. The van der Waals surface area contributed by atoms with Crippen LogP contribution in [0.2, 0.25) is 0 Å². The molecule has 0 fully saturated rings. The second-order valence-electron chi connectivity index (χ2n) is 8.08. The SMILES string of the molecule is O=S(=O)(c1ccc(C=Cc2nc(COc3ccc(CCCCn4ccnn4)cc3)co2)cc1)C(F)(F)F. The van der Waals surface area contributed by atoms with Crippen LogP contribution < -0.4 is 4.74 Å². The molecule has 0 saturated carbocycles. The minimum atomic E-state index is -5.38. The number of benzene rings is 2. The minimum absolute atomic E-state index is 0.193. The van der Waals surface area contributed by atoms with E-state index in [4.69, 9.17) is 9.15 Å². The highest BCUT2D eigenvalue weighted by Gasteiger charge is 2.46. The number of aromatic nitrogens is 4.